The summed E-state index contributed by atoms with van der Waals surface area (Å²) in [5.41, 5.74) is 1.36. The number of amides is 2. The van der Waals surface area contributed by atoms with Gasteiger partial charge in [-0.1, -0.05) is 41.3 Å². The molecule has 2 heterocycles. The van der Waals surface area contributed by atoms with Crippen LogP contribution in [0.25, 0.3) is 0 Å². The van der Waals surface area contributed by atoms with E-state index in [0.717, 1.165) is 0 Å². The van der Waals surface area contributed by atoms with E-state index in [1.807, 2.05) is 18.2 Å². The van der Waals surface area contributed by atoms with Crippen molar-refractivity contribution in [2.24, 2.45) is 0 Å². The Balaban J connectivity index is 1.71. The molecule has 0 saturated heterocycles. The van der Waals surface area contributed by atoms with Gasteiger partial charge in [-0.3, -0.25) is 14.5 Å². The summed E-state index contributed by atoms with van der Waals surface area (Å²) in [5, 5.41) is 14.2. The Hall–Kier alpha value is -2.39. The normalized spacial score (nSPS) is 14.4. The zero-order chi connectivity index (χ0) is 17.8. The van der Waals surface area contributed by atoms with Crippen LogP contribution in [-0.4, -0.2) is 40.4 Å². The van der Waals surface area contributed by atoms with Crippen LogP contribution in [0.15, 0.2) is 41.3 Å². The highest BCUT2D eigenvalue weighted by Crippen LogP contribution is 2.33. The molecule has 9 heteroatoms. The maximum absolute atomic E-state index is 12.8. The third-order valence-corrected chi connectivity index (χ3v) is 5.52. The zero-order valence-corrected chi connectivity index (χ0v) is 15.2. The summed E-state index contributed by atoms with van der Waals surface area (Å²) in [7, 11) is 0. The quantitative estimate of drug-likeness (QED) is 0.596. The monoisotopic (exact) mass is 375 g/mol. The predicted octanol–water partition coefficient (Wildman–Crippen LogP) is 2.60. The minimum absolute atomic E-state index is 0.0169. The topological polar surface area (TPSA) is 87.2 Å². The molecule has 1 aliphatic heterocycles. The van der Waals surface area contributed by atoms with Gasteiger partial charge in [-0.2, -0.15) is 0 Å². The summed E-state index contributed by atoms with van der Waals surface area (Å²) in [6, 6.07) is 7.28. The van der Waals surface area contributed by atoms with Crippen molar-refractivity contribution < 1.29 is 9.59 Å². The molecule has 7 nitrogen and oxygen atoms in total. The molecule has 1 aromatic heterocycles. The number of hydrogen-bond acceptors (Lipinski definition) is 7. The first-order valence-electron chi connectivity index (χ1n) is 7.63. The van der Waals surface area contributed by atoms with Gasteiger partial charge in [0.15, 0.2) is 4.34 Å². The fourth-order valence-corrected chi connectivity index (χ4v) is 4.30. The van der Waals surface area contributed by atoms with Gasteiger partial charge >= 0.3 is 0 Å². The molecule has 1 atom stereocenters. The van der Waals surface area contributed by atoms with Gasteiger partial charge in [0.2, 0.25) is 16.9 Å². The second-order valence-corrected chi connectivity index (χ2v) is 7.86. The van der Waals surface area contributed by atoms with Gasteiger partial charge in [0.1, 0.15) is 6.54 Å². The maximum atomic E-state index is 12.8. The Kier molecular flexibility index (Phi) is 5.34. The van der Waals surface area contributed by atoms with Crippen LogP contribution in [0.2, 0.25) is 0 Å². The number of hydrogen-bond donors (Lipinski definition) is 2. The zero-order valence-electron chi connectivity index (χ0n) is 13.6. The Morgan fingerprint density at radius 2 is 2.32 bits per heavy atom. The summed E-state index contributed by atoms with van der Waals surface area (Å²) in [6.07, 6.45) is 1.74. The van der Waals surface area contributed by atoms with E-state index < -0.39 is 0 Å². The Morgan fingerprint density at radius 3 is 3.12 bits per heavy atom. The standard InChI is InChI=1S/C16H17N5O2S2/c1-3-8-17-15-19-20-16(25-15)24-10(2)14(23)21-9-13(22)18-11-6-4-5-7-12(11)21/h3-7,10H,1,8-9H2,2H3,(H,17,19)(H,18,22)/t10-/m0/s1. The third-order valence-electron chi connectivity index (χ3n) is 3.47. The molecule has 0 radical (unpaired) electrons. The van der Waals surface area contributed by atoms with Crippen LogP contribution in [-0.2, 0) is 9.59 Å². The average Bonchev–Trinajstić information content (AvgIpc) is 3.05. The lowest BCUT2D eigenvalue weighted by atomic mass is 10.2. The van der Waals surface area contributed by atoms with Crippen LogP contribution < -0.4 is 15.5 Å². The third kappa shape index (κ3) is 3.99. The van der Waals surface area contributed by atoms with Gasteiger partial charge in [-0.25, -0.2) is 0 Å². The number of carbonyl (C=O) groups is 2. The lowest BCUT2D eigenvalue weighted by molar-refractivity contribution is -0.121. The molecular formula is C16H17N5O2S2. The molecule has 25 heavy (non-hydrogen) atoms. The summed E-state index contributed by atoms with van der Waals surface area (Å²) in [5.74, 6) is -0.334. The molecule has 1 aromatic carbocycles. The van der Waals surface area contributed by atoms with Gasteiger partial charge < -0.3 is 10.6 Å². The summed E-state index contributed by atoms with van der Waals surface area (Å²) in [6.45, 7) is 6.06. The largest absolute Gasteiger partial charge is 0.357 e. The highest BCUT2D eigenvalue weighted by molar-refractivity contribution is 8.02. The molecule has 0 unspecified atom stereocenters. The van der Waals surface area contributed by atoms with Crippen molar-refractivity contribution in [1.29, 1.82) is 0 Å². The Labute approximate surface area is 153 Å². The number of rotatable bonds is 6. The minimum Gasteiger partial charge on any atom is -0.357 e. The molecule has 0 fully saturated rings. The number of carbonyl (C=O) groups excluding carboxylic acids is 2. The molecule has 3 rings (SSSR count). The van der Waals surface area contributed by atoms with Crippen molar-refractivity contribution in [1.82, 2.24) is 10.2 Å². The van der Waals surface area contributed by atoms with Crippen molar-refractivity contribution in [2.75, 3.05) is 28.6 Å². The molecule has 2 amide bonds. The summed E-state index contributed by atoms with van der Waals surface area (Å²) < 4.78 is 0.696. The Bertz CT molecular complexity index is 807. The van der Waals surface area contributed by atoms with Crippen LogP contribution in [0.5, 0.6) is 0 Å². The van der Waals surface area contributed by atoms with E-state index in [1.54, 1.807) is 19.1 Å². The van der Waals surface area contributed by atoms with Crippen LogP contribution in [0.3, 0.4) is 0 Å². The van der Waals surface area contributed by atoms with Gasteiger partial charge in [-0.15, -0.1) is 16.8 Å². The molecule has 0 aliphatic carbocycles. The fraction of sp³-hybridized carbons (Fsp3) is 0.250. The second kappa shape index (κ2) is 7.66. The highest BCUT2D eigenvalue weighted by atomic mass is 32.2. The molecule has 2 aromatic rings. The highest BCUT2D eigenvalue weighted by Gasteiger charge is 2.30. The number of anilines is 3. The van der Waals surface area contributed by atoms with Crippen molar-refractivity contribution in [3.8, 4) is 0 Å². The first-order valence-corrected chi connectivity index (χ1v) is 9.33. The number of fused-ring (bicyclic) bond motifs is 1. The summed E-state index contributed by atoms with van der Waals surface area (Å²) in [4.78, 5) is 26.2. The first kappa shape index (κ1) is 17.4. The predicted molar refractivity (Wildman–Crippen MR) is 101 cm³/mol. The van der Waals surface area contributed by atoms with Crippen LogP contribution in [0.4, 0.5) is 16.5 Å². The van der Waals surface area contributed by atoms with E-state index in [-0.39, 0.29) is 23.6 Å². The molecule has 130 valence electrons. The van der Waals surface area contributed by atoms with Crippen molar-refractivity contribution >= 4 is 51.4 Å². The molecule has 2 N–H and O–H groups in total. The number of thioether (sulfide) groups is 1. The molecular weight excluding hydrogens is 358 g/mol. The minimum atomic E-state index is -0.390. The number of benzene rings is 1. The molecule has 0 spiro atoms. The van der Waals surface area contributed by atoms with E-state index in [4.69, 9.17) is 0 Å². The smallest absolute Gasteiger partial charge is 0.244 e. The van der Waals surface area contributed by atoms with Gasteiger partial charge in [-0.05, 0) is 19.1 Å². The lowest BCUT2D eigenvalue weighted by Crippen LogP contribution is -2.45. The molecule has 1 aliphatic rings. The van der Waals surface area contributed by atoms with Gasteiger partial charge in [0.05, 0.1) is 16.6 Å². The van der Waals surface area contributed by atoms with Crippen LogP contribution >= 0.6 is 23.1 Å². The average molecular weight is 375 g/mol. The van der Waals surface area contributed by atoms with E-state index in [2.05, 4.69) is 27.4 Å². The second-order valence-electron chi connectivity index (χ2n) is 5.29. The SMILES string of the molecule is C=CCNc1nnc(S[C@@H](C)C(=O)N2CC(=O)Nc3ccccc32)s1. The lowest BCUT2D eigenvalue weighted by Gasteiger charge is -2.30. The first-order chi connectivity index (χ1) is 12.1. The Morgan fingerprint density at radius 1 is 1.52 bits per heavy atom. The number of nitrogens with one attached hydrogen (secondary N) is 2. The number of para-hydroxylation sites is 2. The van der Waals surface area contributed by atoms with E-state index in [9.17, 15) is 9.59 Å². The summed E-state index contributed by atoms with van der Waals surface area (Å²) >= 11 is 2.71. The van der Waals surface area contributed by atoms with Crippen molar-refractivity contribution in [3.05, 3.63) is 36.9 Å². The van der Waals surface area contributed by atoms with E-state index in [0.29, 0.717) is 27.4 Å². The molecule has 0 saturated carbocycles. The van der Waals surface area contributed by atoms with E-state index >= 15 is 0 Å². The van der Waals surface area contributed by atoms with Crippen LogP contribution in [0, 0.1) is 0 Å². The van der Waals surface area contributed by atoms with Crippen molar-refractivity contribution in [2.45, 2.75) is 16.5 Å². The fourth-order valence-electron chi connectivity index (χ4n) is 2.34. The van der Waals surface area contributed by atoms with Gasteiger partial charge in [0.25, 0.3) is 0 Å². The van der Waals surface area contributed by atoms with Crippen molar-refractivity contribution in [3.63, 3.8) is 0 Å². The number of nitrogens with zero attached hydrogens (tertiary/aromatic N) is 3. The van der Waals surface area contributed by atoms with Gasteiger partial charge in [0, 0.05) is 6.54 Å². The van der Waals surface area contributed by atoms with E-state index in [1.165, 1.54) is 28.0 Å². The number of aromatic nitrogens is 2. The maximum Gasteiger partial charge on any atom is 0.244 e. The van der Waals surface area contributed by atoms with Crippen LogP contribution in [0.1, 0.15) is 6.92 Å². The molecule has 0 bridgehead atoms.